The van der Waals surface area contributed by atoms with Crippen LogP contribution in [0.4, 0.5) is 13.2 Å². The minimum absolute atomic E-state index is 0. The van der Waals surface area contributed by atoms with E-state index in [1.54, 1.807) is 0 Å². The Bertz CT molecular complexity index is 1720. The van der Waals surface area contributed by atoms with Crippen LogP contribution in [-0.2, 0) is 29.6 Å². The summed E-state index contributed by atoms with van der Waals surface area (Å²) < 4.78 is 57.5. The normalized spacial score (nSPS) is 11.1. The molecule has 1 heterocycles. The van der Waals surface area contributed by atoms with E-state index in [-0.39, 0.29) is 19.5 Å². The molecule has 42 heavy (non-hydrogen) atoms. The van der Waals surface area contributed by atoms with Crippen molar-refractivity contribution < 1.29 is 45.6 Å². The number of aromatic nitrogens is 1. The summed E-state index contributed by atoms with van der Waals surface area (Å²) in [6.45, 7) is 0. The predicted octanol–water partition coefficient (Wildman–Crippen LogP) is 7.02. The minimum atomic E-state index is -5.84. The van der Waals surface area contributed by atoms with Gasteiger partial charge in [-0.05, 0) is 35.4 Å². The second-order valence-electron chi connectivity index (χ2n) is 8.58. The van der Waals surface area contributed by atoms with Crippen molar-refractivity contribution >= 4 is 55.5 Å². The number of nitrogens with zero attached hydrogens (tertiary/aromatic N) is 1. The molecule has 1 aromatic heterocycles. The van der Waals surface area contributed by atoms with Crippen molar-refractivity contribution in [1.29, 1.82) is 0 Å². The molecule has 0 amide bonds. The van der Waals surface area contributed by atoms with E-state index in [0.29, 0.717) is 0 Å². The standard InChI is InChI=1S/C22H16P.C9H7N.CHF3O3S.Rh/c1-3-11-20(12-4-1)23(21-13-5-2-6-14-21)22-16-15-18-9-7-8-10-19(18)17-22;1-2-4-9-7-10-6-5-8(9)3-1;2-1(3,4)8(5,6)7;/h1-16H;1-7H;(H,5,6,7);/q-1;;;. The van der Waals surface area contributed by atoms with Gasteiger partial charge in [-0.3, -0.25) is 9.54 Å². The fourth-order valence-corrected chi connectivity index (χ4v) is 6.09. The molecule has 1 radical (unpaired) electrons. The van der Waals surface area contributed by atoms with Crippen LogP contribution in [0.3, 0.4) is 0 Å². The SMILES string of the molecule is O=S(=O)(O)C(F)(F)F.[Rh].[c-]1c(P(c2ccccc2)c2ccccc2)ccc2ccccc12.c1ccc2cnccc2c1. The molecule has 217 valence electrons. The van der Waals surface area contributed by atoms with Gasteiger partial charge in [0.1, 0.15) is 0 Å². The molecule has 4 nitrogen and oxygen atoms in total. The Labute approximate surface area is 256 Å². The number of rotatable bonds is 3. The molecular weight excluding hydrogens is 669 g/mol. The Morgan fingerprint density at radius 2 is 1.12 bits per heavy atom. The van der Waals surface area contributed by atoms with Crippen LogP contribution < -0.4 is 15.9 Å². The first-order chi connectivity index (χ1) is 19.6. The third kappa shape index (κ3) is 9.01. The van der Waals surface area contributed by atoms with Gasteiger partial charge in [0.05, 0.1) is 0 Å². The Kier molecular flexibility index (Phi) is 11.9. The second kappa shape index (κ2) is 15.1. The Morgan fingerprint density at radius 3 is 1.64 bits per heavy atom. The van der Waals surface area contributed by atoms with Crippen molar-refractivity contribution in [2.45, 2.75) is 5.51 Å². The van der Waals surface area contributed by atoms with Gasteiger partial charge < -0.3 is 0 Å². The van der Waals surface area contributed by atoms with Crippen molar-refractivity contribution in [2.24, 2.45) is 0 Å². The van der Waals surface area contributed by atoms with Gasteiger partial charge >= 0.3 is 15.6 Å². The van der Waals surface area contributed by atoms with E-state index >= 15 is 0 Å². The van der Waals surface area contributed by atoms with Gasteiger partial charge in [-0.2, -0.15) is 21.6 Å². The van der Waals surface area contributed by atoms with Crippen LogP contribution in [0.2, 0.25) is 0 Å². The minimum Gasteiger partial charge on any atom is -0.279 e. The van der Waals surface area contributed by atoms with Crippen molar-refractivity contribution in [2.75, 3.05) is 0 Å². The van der Waals surface area contributed by atoms with Crippen molar-refractivity contribution in [3.05, 3.63) is 146 Å². The zero-order valence-electron chi connectivity index (χ0n) is 21.8. The number of hydrogen-bond acceptors (Lipinski definition) is 3. The molecule has 6 aromatic rings. The summed E-state index contributed by atoms with van der Waals surface area (Å²) in [5.41, 5.74) is -5.53. The largest absolute Gasteiger partial charge is 0.522 e. The van der Waals surface area contributed by atoms with Gasteiger partial charge in [0.2, 0.25) is 0 Å². The summed E-state index contributed by atoms with van der Waals surface area (Å²) in [7, 11) is -6.42. The van der Waals surface area contributed by atoms with E-state index < -0.39 is 23.5 Å². The molecule has 5 aromatic carbocycles. The Morgan fingerprint density at radius 1 is 0.643 bits per heavy atom. The van der Waals surface area contributed by atoms with Gasteiger partial charge in [0.15, 0.2) is 0 Å². The second-order valence-corrected chi connectivity index (χ2v) is 12.2. The summed E-state index contributed by atoms with van der Waals surface area (Å²) in [4.78, 5) is 4.01. The fraction of sp³-hybridized carbons (Fsp3) is 0.0312. The number of halogens is 3. The zero-order valence-corrected chi connectivity index (χ0v) is 25.2. The summed E-state index contributed by atoms with van der Waals surface area (Å²) in [6.07, 6.45) is 3.68. The van der Waals surface area contributed by atoms with E-state index in [2.05, 4.69) is 120 Å². The van der Waals surface area contributed by atoms with Crippen LogP contribution in [0.25, 0.3) is 21.5 Å². The monoisotopic (exact) mass is 693 g/mol. The molecule has 0 spiro atoms. The maximum Gasteiger partial charge on any atom is 0.522 e. The molecule has 0 bridgehead atoms. The number of alkyl halides is 3. The summed E-state index contributed by atoms with van der Waals surface area (Å²) in [5.74, 6) is 0. The third-order valence-corrected chi connectivity index (χ3v) is 8.71. The molecule has 0 atom stereocenters. The van der Waals surface area contributed by atoms with Gasteiger partial charge in [0.25, 0.3) is 0 Å². The number of hydrogen-bond donors (Lipinski definition) is 1. The average molecular weight is 693 g/mol. The number of benzene rings is 5. The molecule has 6 rings (SSSR count). The van der Waals surface area contributed by atoms with E-state index in [1.807, 2.05) is 30.6 Å². The molecule has 0 aliphatic rings. The molecule has 10 heteroatoms. The summed E-state index contributed by atoms with van der Waals surface area (Å²) in [6, 6.07) is 48.3. The predicted molar refractivity (Wildman–Crippen MR) is 161 cm³/mol. The van der Waals surface area contributed by atoms with E-state index in [9.17, 15) is 13.2 Å². The van der Waals surface area contributed by atoms with Gasteiger partial charge in [0, 0.05) is 31.9 Å². The summed E-state index contributed by atoms with van der Waals surface area (Å²) in [5, 5.41) is 8.87. The smallest absolute Gasteiger partial charge is 0.279 e. The number of fused-ring (bicyclic) bond motifs is 2. The van der Waals surface area contributed by atoms with Gasteiger partial charge in [-0.25, -0.2) is 0 Å². The Hall–Kier alpha value is -3.48. The molecule has 0 fully saturated rings. The summed E-state index contributed by atoms with van der Waals surface area (Å²) >= 11 is 0. The van der Waals surface area contributed by atoms with E-state index in [0.717, 1.165) is 0 Å². The quantitative estimate of drug-likeness (QED) is 0.0712. The van der Waals surface area contributed by atoms with Crippen LogP contribution in [0.1, 0.15) is 0 Å². The zero-order chi connectivity index (χ0) is 29.3. The topological polar surface area (TPSA) is 67.3 Å². The van der Waals surface area contributed by atoms with Gasteiger partial charge in [-0.1, -0.05) is 102 Å². The molecule has 0 saturated carbocycles. The Balaban J connectivity index is 0.000000211. The molecular formula is C32H24F3NO3PRhS-. The molecule has 0 saturated heterocycles. The maximum atomic E-state index is 10.7. The van der Waals surface area contributed by atoms with Crippen LogP contribution in [-0.4, -0.2) is 23.5 Å². The van der Waals surface area contributed by atoms with E-state index in [4.69, 9.17) is 13.0 Å². The van der Waals surface area contributed by atoms with Crippen molar-refractivity contribution in [3.63, 3.8) is 0 Å². The van der Waals surface area contributed by atoms with E-state index in [1.165, 1.54) is 37.5 Å². The van der Waals surface area contributed by atoms with Crippen LogP contribution in [0.5, 0.6) is 0 Å². The molecule has 0 unspecified atom stereocenters. The van der Waals surface area contributed by atoms with Crippen molar-refractivity contribution in [1.82, 2.24) is 4.98 Å². The van der Waals surface area contributed by atoms with Crippen molar-refractivity contribution in [3.8, 4) is 0 Å². The first-order valence-corrected chi connectivity index (χ1v) is 15.1. The maximum absolute atomic E-state index is 10.7. The average Bonchev–Trinajstić information content (AvgIpc) is 2.98. The third-order valence-electron chi connectivity index (χ3n) is 5.76. The fourth-order valence-electron chi connectivity index (χ4n) is 3.84. The molecule has 0 aliphatic heterocycles. The van der Waals surface area contributed by atoms with Crippen LogP contribution in [0, 0.1) is 6.07 Å². The van der Waals surface area contributed by atoms with Crippen LogP contribution >= 0.6 is 7.92 Å². The first kappa shape index (κ1) is 33.0. The number of pyridine rings is 1. The van der Waals surface area contributed by atoms with Gasteiger partial charge in [-0.15, -0.1) is 41.1 Å². The first-order valence-electron chi connectivity index (χ1n) is 12.3. The molecule has 1 N–H and O–H groups in total. The molecule has 0 aliphatic carbocycles. The van der Waals surface area contributed by atoms with Crippen LogP contribution in [0.15, 0.2) is 140 Å².